The minimum atomic E-state index is -0.152. The third-order valence-electron chi connectivity index (χ3n) is 2.54. The number of aliphatic hydroxyl groups is 1. The number of hydrogen-bond acceptors (Lipinski definition) is 4. The van der Waals surface area contributed by atoms with Gasteiger partial charge in [-0.1, -0.05) is 11.8 Å². The lowest BCUT2D eigenvalue weighted by Gasteiger charge is -2.03. The maximum absolute atomic E-state index is 11.9. The van der Waals surface area contributed by atoms with Gasteiger partial charge in [-0.25, -0.2) is 0 Å². The average Bonchev–Trinajstić information content (AvgIpc) is 2.93. The molecule has 0 aliphatic rings. The lowest BCUT2D eigenvalue weighted by Crippen LogP contribution is -2.22. The van der Waals surface area contributed by atoms with Crippen LogP contribution in [-0.2, 0) is 6.54 Å². The summed E-state index contributed by atoms with van der Waals surface area (Å²) in [7, 11) is 0. The minimum Gasteiger partial charge on any atom is -0.395 e. The third-order valence-corrected chi connectivity index (χ3v) is 3.46. The smallest absolute Gasteiger partial charge is 0.253 e. The molecule has 0 saturated carbocycles. The number of amides is 1. The van der Waals surface area contributed by atoms with Crippen molar-refractivity contribution in [2.75, 3.05) is 6.61 Å². The van der Waals surface area contributed by atoms with Crippen molar-refractivity contribution in [3.8, 4) is 11.8 Å². The molecule has 0 unspecified atom stereocenters. The van der Waals surface area contributed by atoms with Crippen molar-refractivity contribution in [2.24, 2.45) is 0 Å². The number of carbonyl (C=O) groups is 1. The fourth-order valence-electron chi connectivity index (χ4n) is 1.56. The normalized spacial score (nSPS) is 9.65. The number of thiophene rings is 1. The van der Waals surface area contributed by atoms with Crippen LogP contribution in [0.3, 0.4) is 0 Å². The van der Waals surface area contributed by atoms with E-state index in [9.17, 15) is 4.79 Å². The second kappa shape index (κ2) is 7.43. The van der Waals surface area contributed by atoms with E-state index in [1.807, 2.05) is 11.4 Å². The number of pyridine rings is 1. The molecule has 0 radical (unpaired) electrons. The molecule has 2 rings (SSSR count). The van der Waals surface area contributed by atoms with Crippen LogP contribution in [0.5, 0.6) is 0 Å². The van der Waals surface area contributed by atoms with E-state index in [1.165, 1.54) is 6.20 Å². The minimum absolute atomic E-state index is 0.0597. The lowest BCUT2D eigenvalue weighted by molar-refractivity contribution is 0.0951. The van der Waals surface area contributed by atoms with Crippen molar-refractivity contribution < 1.29 is 9.90 Å². The number of nitrogens with one attached hydrogen (secondary N) is 1. The van der Waals surface area contributed by atoms with Gasteiger partial charge >= 0.3 is 0 Å². The fraction of sp³-hybridized carbons (Fsp3) is 0.200. The third kappa shape index (κ3) is 3.92. The average molecular weight is 286 g/mol. The molecule has 0 atom stereocenters. The van der Waals surface area contributed by atoms with Gasteiger partial charge in [0.25, 0.3) is 5.91 Å². The maximum atomic E-state index is 11.9. The van der Waals surface area contributed by atoms with E-state index >= 15 is 0 Å². The van der Waals surface area contributed by atoms with Crippen molar-refractivity contribution in [1.82, 2.24) is 10.3 Å². The molecule has 0 aromatic carbocycles. The SMILES string of the molecule is O=C(NCc1sccc1C#CCCO)c1cccnc1. The van der Waals surface area contributed by atoms with Crippen LogP contribution in [0.2, 0.25) is 0 Å². The summed E-state index contributed by atoms with van der Waals surface area (Å²) in [6, 6.07) is 5.37. The predicted octanol–water partition coefficient (Wildman–Crippen LogP) is 1.81. The van der Waals surface area contributed by atoms with E-state index in [0.29, 0.717) is 18.5 Å². The number of aromatic nitrogens is 1. The first kappa shape index (κ1) is 14.3. The zero-order valence-corrected chi connectivity index (χ0v) is 11.6. The van der Waals surface area contributed by atoms with Crippen molar-refractivity contribution in [1.29, 1.82) is 0 Å². The summed E-state index contributed by atoms with van der Waals surface area (Å²) in [5, 5.41) is 13.5. The molecule has 0 fully saturated rings. The Morgan fingerprint density at radius 1 is 1.45 bits per heavy atom. The number of hydrogen-bond donors (Lipinski definition) is 2. The molecule has 20 heavy (non-hydrogen) atoms. The highest BCUT2D eigenvalue weighted by molar-refractivity contribution is 7.10. The Kier molecular flexibility index (Phi) is 5.30. The second-order valence-corrected chi connectivity index (χ2v) is 4.96. The van der Waals surface area contributed by atoms with Crippen LogP contribution >= 0.6 is 11.3 Å². The molecule has 2 aromatic rings. The maximum Gasteiger partial charge on any atom is 0.253 e. The van der Waals surface area contributed by atoms with Crippen LogP contribution in [0.25, 0.3) is 0 Å². The first-order valence-corrected chi connectivity index (χ1v) is 7.03. The van der Waals surface area contributed by atoms with Crippen LogP contribution in [0.15, 0.2) is 36.0 Å². The van der Waals surface area contributed by atoms with Crippen LogP contribution in [-0.4, -0.2) is 22.6 Å². The molecule has 0 saturated heterocycles. The predicted molar refractivity (Wildman–Crippen MR) is 78.3 cm³/mol. The van der Waals surface area contributed by atoms with Gasteiger partial charge in [0, 0.05) is 29.3 Å². The molecule has 5 heteroatoms. The van der Waals surface area contributed by atoms with E-state index in [0.717, 1.165) is 10.4 Å². The number of aliphatic hydroxyl groups excluding tert-OH is 1. The molecule has 1 amide bonds. The molecular formula is C15H14N2O2S. The molecule has 0 spiro atoms. The van der Waals surface area contributed by atoms with Crippen LogP contribution in [0.4, 0.5) is 0 Å². The number of nitrogens with zero attached hydrogens (tertiary/aromatic N) is 1. The summed E-state index contributed by atoms with van der Waals surface area (Å²) in [5.74, 6) is 5.72. The quantitative estimate of drug-likeness (QED) is 0.843. The Bertz CT molecular complexity index is 626. The molecule has 2 heterocycles. The van der Waals surface area contributed by atoms with Crippen molar-refractivity contribution in [3.63, 3.8) is 0 Å². The summed E-state index contributed by atoms with van der Waals surface area (Å²) in [4.78, 5) is 16.8. The van der Waals surface area contributed by atoms with E-state index < -0.39 is 0 Å². The number of rotatable bonds is 4. The van der Waals surface area contributed by atoms with E-state index in [2.05, 4.69) is 22.1 Å². The molecule has 0 aliphatic heterocycles. The molecule has 102 valence electrons. The summed E-state index contributed by atoms with van der Waals surface area (Å²) in [6.07, 6.45) is 3.62. The van der Waals surface area contributed by atoms with E-state index in [4.69, 9.17) is 5.11 Å². The number of carbonyl (C=O) groups excluding carboxylic acids is 1. The first-order chi connectivity index (χ1) is 9.81. The summed E-state index contributed by atoms with van der Waals surface area (Å²) < 4.78 is 0. The van der Waals surface area contributed by atoms with Gasteiger partial charge in [0.1, 0.15) is 0 Å². The highest BCUT2D eigenvalue weighted by Gasteiger charge is 2.07. The van der Waals surface area contributed by atoms with Gasteiger partial charge in [-0.3, -0.25) is 9.78 Å². The van der Waals surface area contributed by atoms with E-state index in [-0.39, 0.29) is 12.5 Å². The topological polar surface area (TPSA) is 62.2 Å². The molecule has 0 bridgehead atoms. The van der Waals surface area contributed by atoms with Crippen molar-refractivity contribution in [2.45, 2.75) is 13.0 Å². The van der Waals surface area contributed by atoms with Crippen LogP contribution in [0.1, 0.15) is 27.2 Å². The largest absolute Gasteiger partial charge is 0.395 e. The first-order valence-electron chi connectivity index (χ1n) is 6.15. The fourth-order valence-corrected chi connectivity index (χ4v) is 2.33. The standard InChI is InChI=1S/C15H14N2O2S/c18-8-2-1-4-12-6-9-20-14(12)11-17-15(19)13-5-3-7-16-10-13/h3,5-7,9-10,18H,2,8,11H2,(H,17,19). The second-order valence-electron chi connectivity index (χ2n) is 3.96. The summed E-state index contributed by atoms with van der Waals surface area (Å²) in [6.45, 7) is 0.499. The van der Waals surface area contributed by atoms with Crippen LogP contribution < -0.4 is 5.32 Å². The van der Waals surface area contributed by atoms with Gasteiger partial charge in [0.05, 0.1) is 18.7 Å². The molecule has 2 aromatic heterocycles. The molecule has 4 nitrogen and oxygen atoms in total. The highest BCUT2D eigenvalue weighted by atomic mass is 32.1. The van der Waals surface area contributed by atoms with E-state index in [1.54, 1.807) is 29.7 Å². The Hall–Kier alpha value is -2.16. The zero-order chi connectivity index (χ0) is 14.2. The van der Waals surface area contributed by atoms with Crippen molar-refractivity contribution >= 4 is 17.2 Å². The summed E-state index contributed by atoms with van der Waals surface area (Å²) in [5.41, 5.74) is 1.44. The molecule has 2 N–H and O–H groups in total. The Balaban J connectivity index is 1.97. The van der Waals surface area contributed by atoms with Gasteiger partial charge in [-0.2, -0.15) is 0 Å². The van der Waals surface area contributed by atoms with Gasteiger partial charge in [-0.05, 0) is 23.6 Å². The summed E-state index contributed by atoms with van der Waals surface area (Å²) >= 11 is 1.55. The van der Waals surface area contributed by atoms with Gasteiger partial charge in [-0.15, -0.1) is 11.3 Å². The highest BCUT2D eigenvalue weighted by Crippen LogP contribution is 2.15. The Morgan fingerprint density at radius 2 is 2.35 bits per heavy atom. The van der Waals surface area contributed by atoms with Gasteiger partial charge in [0.2, 0.25) is 0 Å². The molecular weight excluding hydrogens is 272 g/mol. The van der Waals surface area contributed by atoms with Crippen LogP contribution in [0, 0.1) is 11.8 Å². The lowest BCUT2D eigenvalue weighted by atomic mass is 10.2. The Labute approximate surface area is 121 Å². The van der Waals surface area contributed by atoms with Gasteiger partial charge in [0.15, 0.2) is 0 Å². The zero-order valence-electron chi connectivity index (χ0n) is 10.8. The van der Waals surface area contributed by atoms with Gasteiger partial charge < -0.3 is 10.4 Å². The monoisotopic (exact) mass is 286 g/mol. The van der Waals surface area contributed by atoms with Crippen molar-refractivity contribution in [3.05, 3.63) is 52.0 Å². The molecule has 0 aliphatic carbocycles. The Morgan fingerprint density at radius 3 is 3.10 bits per heavy atom.